The van der Waals surface area contributed by atoms with Crippen molar-refractivity contribution in [2.24, 2.45) is 0 Å². The fourth-order valence-corrected chi connectivity index (χ4v) is 6.99. The Labute approximate surface area is 288 Å². The van der Waals surface area contributed by atoms with Gasteiger partial charge < -0.3 is 0 Å². The number of benzene rings is 10. The molecule has 0 heterocycles. The summed E-state index contributed by atoms with van der Waals surface area (Å²) in [5, 5.41) is 11.7. The summed E-state index contributed by atoms with van der Waals surface area (Å²) in [4.78, 5) is 0. The van der Waals surface area contributed by atoms with E-state index in [1.54, 1.807) is 48.5 Å². The SMILES string of the molecule is Fc1cc2cc3cc4cc5cc(F)c(F)cc5cc4cc3cc2cc1F.Fc1cc2cc3cc4cc5cc(F)c(F)cc5cc4cc3cc2cc1F. The van der Waals surface area contributed by atoms with Crippen molar-refractivity contribution in [3.8, 4) is 0 Å². The molecule has 0 bridgehead atoms. The van der Waals surface area contributed by atoms with E-state index in [1.165, 1.54) is 48.5 Å². The van der Waals surface area contributed by atoms with Crippen molar-refractivity contribution >= 4 is 86.2 Å². The largest absolute Gasteiger partial charge is 0.204 e. The summed E-state index contributed by atoms with van der Waals surface area (Å²) >= 11 is 0. The molecule has 8 heteroatoms. The van der Waals surface area contributed by atoms with Gasteiger partial charge in [0.25, 0.3) is 0 Å². The van der Waals surface area contributed by atoms with Crippen molar-refractivity contribution in [3.05, 3.63) is 168 Å². The molecule has 0 N–H and O–H groups in total. The molecule has 0 saturated heterocycles. The topological polar surface area (TPSA) is 0 Å². The number of rotatable bonds is 0. The molecule has 10 rings (SSSR count). The second-order valence-electron chi connectivity index (χ2n) is 13.0. The summed E-state index contributed by atoms with van der Waals surface area (Å²) in [6.07, 6.45) is 0. The first-order valence-electron chi connectivity index (χ1n) is 16.1. The van der Waals surface area contributed by atoms with E-state index in [0.717, 1.165) is 43.1 Å². The summed E-state index contributed by atoms with van der Waals surface area (Å²) in [6, 6.07) is 31.4. The summed E-state index contributed by atoms with van der Waals surface area (Å²) in [5.41, 5.74) is 0. The fourth-order valence-electron chi connectivity index (χ4n) is 6.99. The van der Waals surface area contributed by atoms with Gasteiger partial charge in [-0.1, -0.05) is 0 Å². The van der Waals surface area contributed by atoms with E-state index >= 15 is 0 Å². The molecule has 0 amide bonds. The third-order valence-electron chi connectivity index (χ3n) is 9.57. The molecule has 0 aliphatic rings. The highest BCUT2D eigenvalue weighted by Gasteiger charge is 2.11. The van der Waals surface area contributed by atoms with Crippen LogP contribution in [-0.4, -0.2) is 0 Å². The van der Waals surface area contributed by atoms with Gasteiger partial charge in [-0.25, -0.2) is 35.1 Å². The molecule has 0 unspecified atom stereocenters. The van der Waals surface area contributed by atoms with Crippen molar-refractivity contribution in [1.29, 1.82) is 0 Å². The average Bonchev–Trinajstić information content (AvgIpc) is 3.09. The monoisotopic (exact) mass is 700 g/mol. The highest BCUT2D eigenvalue weighted by atomic mass is 19.2. The van der Waals surface area contributed by atoms with Crippen LogP contribution in [0.25, 0.3) is 86.2 Å². The minimum Gasteiger partial charge on any atom is -0.204 e. The zero-order valence-electron chi connectivity index (χ0n) is 26.6. The van der Waals surface area contributed by atoms with E-state index in [9.17, 15) is 35.1 Å². The van der Waals surface area contributed by atoms with Gasteiger partial charge in [0.15, 0.2) is 46.5 Å². The Hall–Kier alpha value is -6.28. The number of hydrogen-bond acceptors (Lipinski definition) is 0. The van der Waals surface area contributed by atoms with Crippen molar-refractivity contribution in [1.82, 2.24) is 0 Å². The van der Waals surface area contributed by atoms with Gasteiger partial charge in [0.05, 0.1) is 0 Å². The standard InChI is InChI=1S/2C22H10F4/c2*23-19-7-15-3-11-1-12-4-16-8-20(24)22(26)10-18(16)6-14(12)2-13(11)5-17(15)9-21(19)25/h2*1-10H. The first-order valence-corrected chi connectivity index (χ1v) is 16.1. The predicted octanol–water partition coefficient (Wildman–Crippen LogP) is 13.7. The van der Waals surface area contributed by atoms with Gasteiger partial charge in [0, 0.05) is 0 Å². The molecule has 0 radical (unpaired) electrons. The smallest absolute Gasteiger partial charge is 0.159 e. The van der Waals surface area contributed by atoms with Gasteiger partial charge in [-0.05, 0) is 208 Å². The molecule has 0 aliphatic heterocycles. The van der Waals surface area contributed by atoms with Crippen LogP contribution in [0.4, 0.5) is 35.1 Å². The van der Waals surface area contributed by atoms with E-state index in [4.69, 9.17) is 0 Å². The second kappa shape index (κ2) is 11.6. The van der Waals surface area contributed by atoms with Crippen LogP contribution >= 0.6 is 0 Å². The molecule has 252 valence electrons. The molecular formula is C44H20F8. The van der Waals surface area contributed by atoms with Crippen LogP contribution in [-0.2, 0) is 0 Å². The Bertz CT molecular complexity index is 2540. The van der Waals surface area contributed by atoms with Gasteiger partial charge in [0.1, 0.15) is 0 Å². The highest BCUT2D eigenvalue weighted by Crippen LogP contribution is 2.33. The lowest BCUT2D eigenvalue weighted by Crippen LogP contribution is -1.86. The second-order valence-corrected chi connectivity index (χ2v) is 13.0. The third kappa shape index (κ3) is 5.39. The number of halogens is 8. The minimum atomic E-state index is -0.888. The Morgan fingerprint density at radius 2 is 0.212 bits per heavy atom. The molecule has 0 aromatic heterocycles. The lowest BCUT2D eigenvalue weighted by Gasteiger charge is -2.08. The van der Waals surface area contributed by atoms with Crippen LogP contribution in [0.2, 0.25) is 0 Å². The van der Waals surface area contributed by atoms with Crippen molar-refractivity contribution in [2.45, 2.75) is 0 Å². The molecule has 10 aromatic rings. The van der Waals surface area contributed by atoms with Gasteiger partial charge in [-0.15, -0.1) is 0 Å². The maximum Gasteiger partial charge on any atom is 0.159 e. The quantitative estimate of drug-likeness (QED) is 0.109. The lowest BCUT2D eigenvalue weighted by molar-refractivity contribution is 0.511. The Kier molecular flexibility index (Phi) is 7.09. The van der Waals surface area contributed by atoms with Crippen molar-refractivity contribution in [2.75, 3.05) is 0 Å². The zero-order valence-corrected chi connectivity index (χ0v) is 26.6. The van der Waals surface area contributed by atoms with E-state index in [0.29, 0.717) is 43.1 Å². The molecule has 0 fully saturated rings. The van der Waals surface area contributed by atoms with E-state index in [1.807, 2.05) is 24.3 Å². The van der Waals surface area contributed by atoms with Crippen LogP contribution < -0.4 is 0 Å². The van der Waals surface area contributed by atoms with E-state index < -0.39 is 46.5 Å². The number of fused-ring (bicyclic) bond motifs is 8. The maximum atomic E-state index is 13.5. The van der Waals surface area contributed by atoms with Gasteiger partial charge in [-0.3, -0.25) is 0 Å². The Balaban J connectivity index is 0.000000138. The molecule has 52 heavy (non-hydrogen) atoms. The van der Waals surface area contributed by atoms with Crippen LogP contribution in [0.15, 0.2) is 121 Å². The number of hydrogen-bond donors (Lipinski definition) is 0. The maximum absolute atomic E-state index is 13.5. The third-order valence-corrected chi connectivity index (χ3v) is 9.57. The normalized spacial score (nSPS) is 11.8. The zero-order chi connectivity index (χ0) is 36.0. The molecule has 0 nitrogen and oxygen atoms in total. The van der Waals surface area contributed by atoms with Crippen LogP contribution in [0.5, 0.6) is 0 Å². The van der Waals surface area contributed by atoms with Crippen molar-refractivity contribution in [3.63, 3.8) is 0 Å². The summed E-state index contributed by atoms with van der Waals surface area (Å²) < 4.78 is 108. The predicted molar refractivity (Wildman–Crippen MR) is 193 cm³/mol. The molecule has 0 atom stereocenters. The Morgan fingerprint density at radius 3 is 0.308 bits per heavy atom. The summed E-state index contributed by atoms with van der Waals surface area (Å²) in [6.45, 7) is 0. The first kappa shape index (κ1) is 31.7. The lowest BCUT2D eigenvalue weighted by atomic mass is 9.97. The van der Waals surface area contributed by atoms with Crippen molar-refractivity contribution < 1.29 is 35.1 Å². The molecule has 10 aromatic carbocycles. The van der Waals surface area contributed by atoms with Gasteiger partial charge in [-0.2, -0.15) is 0 Å². The highest BCUT2D eigenvalue weighted by molar-refractivity contribution is 6.09. The molecular weight excluding hydrogens is 680 g/mol. The van der Waals surface area contributed by atoms with Gasteiger partial charge in [0.2, 0.25) is 0 Å². The van der Waals surface area contributed by atoms with Crippen LogP contribution in [0, 0.1) is 46.5 Å². The fraction of sp³-hybridized carbons (Fsp3) is 0. The van der Waals surface area contributed by atoms with E-state index in [-0.39, 0.29) is 0 Å². The van der Waals surface area contributed by atoms with Gasteiger partial charge >= 0.3 is 0 Å². The Morgan fingerprint density at radius 1 is 0.135 bits per heavy atom. The first-order chi connectivity index (χ1) is 24.9. The van der Waals surface area contributed by atoms with E-state index in [2.05, 4.69) is 0 Å². The molecule has 0 spiro atoms. The van der Waals surface area contributed by atoms with Crippen LogP contribution in [0.1, 0.15) is 0 Å². The summed E-state index contributed by atoms with van der Waals surface area (Å²) in [7, 11) is 0. The molecule has 0 aliphatic carbocycles. The molecule has 0 saturated carbocycles. The minimum absolute atomic E-state index is 0.602. The summed E-state index contributed by atoms with van der Waals surface area (Å²) in [5.74, 6) is -7.10. The van der Waals surface area contributed by atoms with Crippen LogP contribution in [0.3, 0.4) is 0 Å². The average molecular weight is 701 g/mol.